The Morgan fingerprint density at radius 3 is 2.74 bits per heavy atom. The summed E-state index contributed by atoms with van der Waals surface area (Å²) in [5.74, 6) is 0.172. The number of hydrogen-bond acceptors (Lipinski definition) is 4. The number of halogens is 1. The predicted molar refractivity (Wildman–Crippen MR) is 72.8 cm³/mol. The second kappa shape index (κ2) is 5.98. The Morgan fingerprint density at radius 1 is 1.21 bits per heavy atom. The van der Waals surface area contributed by atoms with Gasteiger partial charge in [-0.05, 0) is 36.2 Å². The Kier molecular flexibility index (Phi) is 4.54. The first kappa shape index (κ1) is 14.4. The maximum absolute atomic E-state index is 13.1. The molecule has 0 aliphatic carbocycles. The van der Waals surface area contributed by atoms with E-state index in [1.807, 2.05) is 0 Å². The molecular formula is C13H19FN2O2S. The van der Waals surface area contributed by atoms with Gasteiger partial charge in [0, 0.05) is 19.6 Å². The summed E-state index contributed by atoms with van der Waals surface area (Å²) in [6.45, 7) is 2.20. The molecule has 6 heteroatoms. The van der Waals surface area contributed by atoms with Gasteiger partial charge in [-0.15, -0.1) is 0 Å². The van der Waals surface area contributed by atoms with Crippen molar-refractivity contribution in [1.29, 1.82) is 0 Å². The molecule has 2 N–H and O–H groups in total. The molecule has 106 valence electrons. The van der Waals surface area contributed by atoms with Crippen LogP contribution in [0.3, 0.4) is 0 Å². The van der Waals surface area contributed by atoms with Crippen molar-refractivity contribution >= 4 is 9.84 Å². The molecule has 1 saturated heterocycles. The molecule has 1 heterocycles. The van der Waals surface area contributed by atoms with Crippen LogP contribution in [0.15, 0.2) is 18.2 Å². The third-order valence-corrected chi connectivity index (χ3v) is 5.15. The fourth-order valence-electron chi connectivity index (χ4n) is 2.33. The number of sulfone groups is 1. The molecule has 1 aromatic carbocycles. The van der Waals surface area contributed by atoms with E-state index in [1.165, 1.54) is 12.1 Å². The standard InChI is InChI=1S/C13H19FN2O2S/c14-13-3-2-11(12(8-13)9-15)10-16-4-1-6-19(17,18)7-5-16/h2-3,8H,1,4-7,9-10,15H2. The summed E-state index contributed by atoms with van der Waals surface area (Å²) in [5.41, 5.74) is 7.38. The SMILES string of the molecule is NCc1cc(F)ccc1CN1CCCS(=O)(=O)CC1. The van der Waals surface area contributed by atoms with Gasteiger partial charge in [0.15, 0.2) is 9.84 Å². The lowest BCUT2D eigenvalue weighted by Crippen LogP contribution is -2.27. The molecule has 2 rings (SSSR count). The van der Waals surface area contributed by atoms with Crippen molar-refractivity contribution in [2.75, 3.05) is 24.6 Å². The first-order valence-electron chi connectivity index (χ1n) is 6.40. The molecule has 4 nitrogen and oxygen atoms in total. The highest BCUT2D eigenvalue weighted by Crippen LogP contribution is 2.15. The van der Waals surface area contributed by atoms with E-state index >= 15 is 0 Å². The molecule has 0 bridgehead atoms. The number of benzene rings is 1. The summed E-state index contributed by atoms with van der Waals surface area (Å²) >= 11 is 0. The van der Waals surface area contributed by atoms with E-state index in [1.54, 1.807) is 6.07 Å². The molecular weight excluding hydrogens is 267 g/mol. The Labute approximate surface area is 113 Å². The summed E-state index contributed by atoms with van der Waals surface area (Å²) < 4.78 is 36.2. The molecule has 0 saturated carbocycles. The zero-order chi connectivity index (χ0) is 13.9. The van der Waals surface area contributed by atoms with Crippen molar-refractivity contribution in [2.24, 2.45) is 5.73 Å². The highest BCUT2D eigenvalue weighted by molar-refractivity contribution is 7.91. The largest absolute Gasteiger partial charge is 0.326 e. The van der Waals surface area contributed by atoms with E-state index in [2.05, 4.69) is 4.90 Å². The van der Waals surface area contributed by atoms with Crippen molar-refractivity contribution in [3.8, 4) is 0 Å². The second-order valence-corrected chi connectivity index (χ2v) is 7.20. The average molecular weight is 286 g/mol. The van der Waals surface area contributed by atoms with E-state index in [9.17, 15) is 12.8 Å². The van der Waals surface area contributed by atoms with Gasteiger partial charge in [0.2, 0.25) is 0 Å². The number of hydrogen-bond donors (Lipinski definition) is 1. The monoisotopic (exact) mass is 286 g/mol. The molecule has 19 heavy (non-hydrogen) atoms. The van der Waals surface area contributed by atoms with Crippen LogP contribution in [0, 0.1) is 5.82 Å². The summed E-state index contributed by atoms with van der Waals surface area (Å²) in [4.78, 5) is 2.09. The molecule has 0 aromatic heterocycles. The quantitative estimate of drug-likeness (QED) is 0.897. The minimum Gasteiger partial charge on any atom is -0.326 e. The van der Waals surface area contributed by atoms with Gasteiger partial charge in [0.05, 0.1) is 11.5 Å². The summed E-state index contributed by atoms with van der Waals surface area (Å²) in [5, 5.41) is 0. The Hall–Kier alpha value is -0.980. The number of rotatable bonds is 3. The fourth-order valence-corrected chi connectivity index (χ4v) is 3.64. The molecule has 0 radical (unpaired) electrons. The van der Waals surface area contributed by atoms with Crippen molar-refractivity contribution in [1.82, 2.24) is 4.90 Å². The molecule has 1 fully saturated rings. The molecule has 1 aliphatic heterocycles. The average Bonchev–Trinajstić information content (AvgIpc) is 2.53. The lowest BCUT2D eigenvalue weighted by atomic mass is 10.1. The third-order valence-electron chi connectivity index (χ3n) is 3.43. The second-order valence-electron chi connectivity index (χ2n) is 4.90. The molecule has 0 spiro atoms. The van der Waals surface area contributed by atoms with E-state index in [4.69, 9.17) is 5.73 Å². The maximum Gasteiger partial charge on any atom is 0.151 e. The Morgan fingerprint density at radius 2 is 2.00 bits per heavy atom. The van der Waals surface area contributed by atoms with Crippen LogP contribution in [-0.2, 0) is 22.9 Å². The third kappa shape index (κ3) is 3.99. The van der Waals surface area contributed by atoms with Crippen molar-refractivity contribution in [3.63, 3.8) is 0 Å². The van der Waals surface area contributed by atoms with Crippen molar-refractivity contribution in [2.45, 2.75) is 19.5 Å². The summed E-state index contributed by atoms with van der Waals surface area (Å²) in [6, 6.07) is 4.60. The highest BCUT2D eigenvalue weighted by atomic mass is 32.2. The van der Waals surface area contributed by atoms with Crippen molar-refractivity contribution in [3.05, 3.63) is 35.1 Å². The predicted octanol–water partition coefficient (Wildman–Crippen LogP) is 0.905. The van der Waals surface area contributed by atoms with Crippen LogP contribution in [0.4, 0.5) is 4.39 Å². The zero-order valence-corrected chi connectivity index (χ0v) is 11.6. The van der Waals surface area contributed by atoms with Crippen LogP contribution in [0.1, 0.15) is 17.5 Å². The minimum absolute atomic E-state index is 0.201. The molecule has 1 aliphatic rings. The molecule has 1 aromatic rings. The van der Waals surface area contributed by atoms with Gasteiger partial charge in [0.1, 0.15) is 5.82 Å². The lowest BCUT2D eigenvalue weighted by Gasteiger charge is -2.20. The minimum atomic E-state index is -2.89. The van der Waals surface area contributed by atoms with Gasteiger partial charge in [-0.3, -0.25) is 4.90 Å². The zero-order valence-electron chi connectivity index (χ0n) is 10.8. The lowest BCUT2D eigenvalue weighted by molar-refractivity contribution is 0.286. The van der Waals surface area contributed by atoms with Gasteiger partial charge < -0.3 is 5.73 Å². The molecule has 0 amide bonds. The molecule has 0 atom stereocenters. The van der Waals surface area contributed by atoms with Crippen LogP contribution >= 0.6 is 0 Å². The topological polar surface area (TPSA) is 63.4 Å². The summed E-state index contributed by atoms with van der Waals surface area (Å²) in [6.07, 6.45) is 0.654. The van der Waals surface area contributed by atoms with E-state index in [-0.39, 0.29) is 17.3 Å². The summed E-state index contributed by atoms with van der Waals surface area (Å²) in [7, 11) is -2.89. The van der Waals surface area contributed by atoms with Gasteiger partial charge in [-0.2, -0.15) is 0 Å². The Balaban J connectivity index is 2.09. The smallest absolute Gasteiger partial charge is 0.151 e. The number of nitrogens with two attached hydrogens (primary N) is 1. The van der Waals surface area contributed by atoms with Gasteiger partial charge >= 0.3 is 0 Å². The maximum atomic E-state index is 13.1. The van der Waals surface area contributed by atoms with E-state index in [0.717, 1.165) is 17.7 Å². The van der Waals surface area contributed by atoms with Gasteiger partial charge in [-0.1, -0.05) is 6.07 Å². The molecule has 0 unspecified atom stereocenters. The van der Waals surface area contributed by atoms with Gasteiger partial charge in [-0.25, -0.2) is 12.8 Å². The van der Waals surface area contributed by atoms with Crippen LogP contribution in [-0.4, -0.2) is 37.9 Å². The highest BCUT2D eigenvalue weighted by Gasteiger charge is 2.19. The fraction of sp³-hybridized carbons (Fsp3) is 0.538. The van der Waals surface area contributed by atoms with Crippen LogP contribution in [0.2, 0.25) is 0 Å². The number of nitrogens with zero attached hydrogens (tertiary/aromatic N) is 1. The van der Waals surface area contributed by atoms with Crippen LogP contribution < -0.4 is 5.73 Å². The normalized spacial score (nSPS) is 20.1. The Bertz CT molecular complexity index is 546. The van der Waals surface area contributed by atoms with Gasteiger partial charge in [0.25, 0.3) is 0 Å². The van der Waals surface area contributed by atoms with E-state index < -0.39 is 9.84 Å². The van der Waals surface area contributed by atoms with Crippen LogP contribution in [0.5, 0.6) is 0 Å². The van der Waals surface area contributed by atoms with Crippen molar-refractivity contribution < 1.29 is 12.8 Å². The first-order chi connectivity index (χ1) is 9.00. The van der Waals surface area contributed by atoms with Crippen LogP contribution in [0.25, 0.3) is 0 Å². The van der Waals surface area contributed by atoms with E-state index in [0.29, 0.717) is 26.1 Å². The first-order valence-corrected chi connectivity index (χ1v) is 8.22.